The van der Waals surface area contributed by atoms with Crippen molar-refractivity contribution >= 4 is 22.7 Å². The molecule has 0 spiro atoms. The van der Waals surface area contributed by atoms with Crippen molar-refractivity contribution in [1.82, 2.24) is 0 Å². The molecule has 0 radical (unpaired) electrons. The highest BCUT2D eigenvalue weighted by Crippen LogP contribution is 2.34. The summed E-state index contributed by atoms with van der Waals surface area (Å²) in [6.45, 7) is 0. The third kappa shape index (κ3) is 3.03. The highest BCUT2D eigenvalue weighted by atomic mass is 14.5. The number of hydrogen-bond acceptors (Lipinski definition) is 3. The molecule has 0 amide bonds. The van der Waals surface area contributed by atoms with Crippen molar-refractivity contribution in [1.29, 1.82) is 5.41 Å². The molecule has 0 saturated heterocycles. The van der Waals surface area contributed by atoms with Crippen molar-refractivity contribution in [3.05, 3.63) is 65.2 Å². The monoisotopic (exact) mass is 291 g/mol. The number of hydrogen-bond donors (Lipinski definition) is 3. The fraction of sp³-hybridized carbons (Fsp3) is 0.211. The molecular formula is C19H21N3. The normalized spacial score (nSPS) is 14.9. The second-order valence-electron chi connectivity index (χ2n) is 5.83. The van der Waals surface area contributed by atoms with Crippen LogP contribution in [0.2, 0.25) is 0 Å². The molecule has 1 saturated carbocycles. The molecule has 1 aliphatic rings. The maximum atomic E-state index is 7.83. The largest absolute Gasteiger partial charge is 0.399 e. The first kappa shape index (κ1) is 14.4. The minimum absolute atomic E-state index is 0.774. The van der Waals surface area contributed by atoms with E-state index in [9.17, 15) is 0 Å². The molecule has 2 aromatic rings. The standard InChI is InChI=1S/C19H21N3/c20-16-7-1-13(2-8-16)19(14-3-9-17(21)10-4-14)15-5-11-18(22)12-6-15/h1-4,7-10,22H,5-6,11-12,20-21H2. The maximum Gasteiger partial charge on any atom is 0.0314 e. The van der Waals surface area contributed by atoms with Crippen LogP contribution in [0.15, 0.2) is 54.1 Å². The lowest BCUT2D eigenvalue weighted by atomic mass is 9.84. The van der Waals surface area contributed by atoms with E-state index in [0.717, 1.165) is 42.8 Å². The summed E-state index contributed by atoms with van der Waals surface area (Å²) in [5.74, 6) is 0. The van der Waals surface area contributed by atoms with Crippen LogP contribution in [0.5, 0.6) is 0 Å². The van der Waals surface area contributed by atoms with E-state index in [1.165, 1.54) is 22.3 Å². The van der Waals surface area contributed by atoms with Crippen LogP contribution in [0.3, 0.4) is 0 Å². The van der Waals surface area contributed by atoms with E-state index in [1.807, 2.05) is 24.3 Å². The van der Waals surface area contributed by atoms with Crippen LogP contribution >= 0.6 is 0 Å². The van der Waals surface area contributed by atoms with Gasteiger partial charge in [-0.25, -0.2) is 0 Å². The van der Waals surface area contributed by atoms with E-state index < -0.39 is 0 Å². The van der Waals surface area contributed by atoms with E-state index in [4.69, 9.17) is 16.9 Å². The molecule has 3 rings (SSSR count). The van der Waals surface area contributed by atoms with Gasteiger partial charge < -0.3 is 16.9 Å². The van der Waals surface area contributed by atoms with Crippen LogP contribution in [0.1, 0.15) is 36.8 Å². The summed E-state index contributed by atoms with van der Waals surface area (Å²) in [5, 5.41) is 7.83. The first-order valence-electron chi connectivity index (χ1n) is 7.63. The van der Waals surface area contributed by atoms with Crippen molar-refractivity contribution in [2.75, 3.05) is 11.5 Å². The van der Waals surface area contributed by atoms with Crippen LogP contribution in [-0.2, 0) is 0 Å². The summed E-state index contributed by atoms with van der Waals surface area (Å²) in [6.07, 6.45) is 3.65. The van der Waals surface area contributed by atoms with Gasteiger partial charge in [0, 0.05) is 17.1 Å². The minimum Gasteiger partial charge on any atom is -0.399 e. The molecule has 22 heavy (non-hydrogen) atoms. The SMILES string of the molecule is N=C1CCC(=C(c2ccc(N)cc2)c2ccc(N)cc2)CC1. The van der Waals surface area contributed by atoms with Crippen LogP contribution < -0.4 is 11.5 Å². The fourth-order valence-corrected chi connectivity index (χ4v) is 2.98. The van der Waals surface area contributed by atoms with E-state index >= 15 is 0 Å². The molecule has 5 N–H and O–H groups in total. The van der Waals surface area contributed by atoms with Gasteiger partial charge in [-0.3, -0.25) is 0 Å². The van der Waals surface area contributed by atoms with Gasteiger partial charge in [-0.05, 0) is 66.6 Å². The molecule has 2 aromatic carbocycles. The number of benzene rings is 2. The van der Waals surface area contributed by atoms with Gasteiger partial charge in [0.1, 0.15) is 0 Å². The molecule has 0 heterocycles. The molecule has 0 atom stereocenters. The Kier molecular flexibility index (Phi) is 3.96. The van der Waals surface area contributed by atoms with Crippen LogP contribution in [0, 0.1) is 5.41 Å². The second kappa shape index (κ2) is 6.06. The van der Waals surface area contributed by atoms with Crippen LogP contribution in [0.25, 0.3) is 5.57 Å². The van der Waals surface area contributed by atoms with E-state index in [0.29, 0.717) is 0 Å². The minimum atomic E-state index is 0.774. The quantitative estimate of drug-likeness (QED) is 0.723. The van der Waals surface area contributed by atoms with Crippen molar-refractivity contribution in [3.8, 4) is 0 Å². The van der Waals surface area contributed by atoms with Crippen molar-refractivity contribution in [2.24, 2.45) is 0 Å². The average molecular weight is 291 g/mol. The third-order valence-corrected chi connectivity index (χ3v) is 4.21. The average Bonchev–Trinajstić information content (AvgIpc) is 2.53. The van der Waals surface area contributed by atoms with E-state index in [-0.39, 0.29) is 0 Å². The summed E-state index contributed by atoms with van der Waals surface area (Å²) < 4.78 is 0. The third-order valence-electron chi connectivity index (χ3n) is 4.21. The molecule has 0 unspecified atom stereocenters. The Morgan fingerprint density at radius 2 is 1.09 bits per heavy atom. The Hall–Kier alpha value is -2.55. The molecule has 3 nitrogen and oxygen atoms in total. The molecule has 1 aliphatic carbocycles. The van der Waals surface area contributed by atoms with E-state index in [2.05, 4.69) is 24.3 Å². The topological polar surface area (TPSA) is 75.9 Å². The van der Waals surface area contributed by atoms with E-state index in [1.54, 1.807) is 0 Å². The fourth-order valence-electron chi connectivity index (χ4n) is 2.98. The highest BCUT2D eigenvalue weighted by molar-refractivity contribution is 5.87. The Bertz CT molecular complexity index is 650. The highest BCUT2D eigenvalue weighted by Gasteiger charge is 2.17. The van der Waals surface area contributed by atoms with Crippen molar-refractivity contribution in [2.45, 2.75) is 25.7 Å². The summed E-state index contributed by atoms with van der Waals surface area (Å²) in [7, 11) is 0. The molecular weight excluding hydrogens is 270 g/mol. The number of nitrogens with one attached hydrogen (secondary N) is 1. The van der Waals surface area contributed by atoms with Crippen molar-refractivity contribution < 1.29 is 0 Å². The lowest BCUT2D eigenvalue weighted by molar-refractivity contribution is 0.821. The van der Waals surface area contributed by atoms with Crippen LogP contribution in [-0.4, -0.2) is 5.71 Å². The second-order valence-corrected chi connectivity index (χ2v) is 5.83. The number of allylic oxidation sites excluding steroid dienone is 1. The van der Waals surface area contributed by atoms with Gasteiger partial charge in [-0.15, -0.1) is 0 Å². The molecule has 3 heteroatoms. The van der Waals surface area contributed by atoms with Crippen LogP contribution in [0.4, 0.5) is 11.4 Å². The number of nitrogen functional groups attached to an aromatic ring is 2. The Morgan fingerprint density at radius 1 is 0.682 bits per heavy atom. The number of nitrogens with two attached hydrogens (primary N) is 2. The summed E-state index contributed by atoms with van der Waals surface area (Å²) in [5.41, 5.74) is 19.1. The Labute approximate surface area is 131 Å². The van der Waals surface area contributed by atoms with Gasteiger partial charge in [0.05, 0.1) is 0 Å². The molecule has 112 valence electrons. The summed E-state index contributed by atoms with van der Waals surface area (Å²) >= 11 is 0. The zero-order valence-electron chi connectivity index (χ0n) is 12.6. The first-order chi connectivity index (χ1) is 10.6. The van der Waals surface area contributed by atoms with Gasteiger partial charge >= 0.3 is 0 Å². The molecule has 0 bridgehead atoms. The number of rotatable bonds is 2. The predicted octanol–water partition coefficient (Wildman–Crippen LogP) is 4.25. The summed E-state index contributed by atoms with van der Waals surface area (Å²) in [4.78, 5) is 0. The smallest absolute Gasteiger partial charge is 0.0314 e. The van der Waals surface area contributed by atoms with Gasteiger partial charge in [0.15, 0.2) is 0 Å². The molecule has 1 fully saturated rings. The Balaban J connectivity index is 2.09. The predicted molar refractivity (Wildman–Crippen MR) is 93.9 cm³/mol. The van der Waals surface area contributed by atoms with Gasteiger partial charge in [0.2, 0.25) is 0 Å². The van der Waals surface area contributed by atoms with Gasteiger partial charge in [-0.2, -0.15) is 0 Å². The lowest BCUT2D eigenvalue weighted by Gasteiger charge is -2.21. The van der Waals surface area contributed by atoms with Gasteiger partial charge in [-0.1, -0.05) is 29.8 Å². The Morgan fingerprint density at radius 3 is 1.50 bits per heavy atom. The zero-order valence-corrected chi connectivity index (χ0v) is 12.6. The number of anilines is 2. The maximum absolute atomic E-state index is 7.83. The first-order valence-corrected chi connectivity index (χ1v) is 7.63. The molecule has 0 aromatic heterocycles. The molecule has 0 aliphatic heterocycles. The van der Waals surface area contributed by atoms with Crippen molar-refractivity contribution in [3.63, 3.8) is 0 Å². The summed E-state index contributed by atoms with van der Waals surface area (Å²) in [6, 6.07) is 16.1. The zero-order chi connectivity index (χ0) is 15.5. The lowest BCUT2D eigenvalue weighted by Crippen LogP contribution is -2.08. The van der Waals surface area contributed by atoms with Gasteiger partial charge in [0.25, 0.3) is 0 Å².